The van der Waals surface area contributed by atoms with Gasteiger partial charge in [-0.05, 0) is 57.9 Å². The van der Waals surface area contributed by atoms with Gasteiger partial charge < -0.3 is 34.2 Å². The highest BCUT2D eigenvalue weighted by atomic mass is 16.6. The van der Waals surface area contributed by atoms with Crippen LogP contribution < -0.4 is 30.4 Å². The minimum Gasteiger partial charge on any atom is -0.496 e. The van der Waals surface area contributed by atoms with E-state index in [4.69, 9.17) is 18.6 Å². The average Bonchev–Trinajstić information content (AvgIpc) is 2.87. The molecule has 2 heterocycles. The van der Waals surface area contributed by atoms with E-state index in [2.05, 4.69) is 15.5 Å². The number of hydrogen-bond donors (Lipinski definition) is 2. The number of methoxy groups -OCH3 is 2. The number of nitrogens with one attached hydrogen (secondary N) is 2. The number of fused-ring (bicyclic) bond motifs is 1. The molecule has 1 aliphatic heterocycles. The van der Waals surface area contributed by atoms with Gasteiger partial charge in [0.2, 0.25) is 0 Å². The maximum Gasteiger partial charge on any atom is 0.407 e. The predicted octanol–water partition coefficient (Wildman–Crippen LogP) is 4.56. The lowest BCUT2D eigenvalue weighted by Gasteiger charge is -2.34. The number of rotatable bonds is 6. The summed E-state index contributed by atoms with van der Waals surface area (Å²) in [6.45, 7) is 7.08. The first-order valence-electron chi connectivity index (χ1n) is 12.4. The monoisotopic (exact) mass is 523 g/mol. The van der Waals surface area contributed by atoms with Crippen molar-refractivity contribution < 1.29 is 28.2 Å². The van der Waals surface area contributed by atoms with Crippen LogP contribution in [0.5, 0.6) is 11.5 Å². The van der Waals surface area contributed by atoms with Gasteiger partial charge in [-0.15, -0.1) is 0 Å². The Balaban J connectivity index is 1.38. The number of hydrogen-bond acceptors (Lipinski definition) is 8. The number of nitrogens with zero attached hydrogens (tertiary/aromatic N) is 1. The van der Waals surface area contributed by atoms with Crippen molar-refractivity contribution in [3.05, 3.63) is 58.4 Å². The molecule has 1 saturated heterocycles. The Morgan fingerprint density at radius 1 is 1.00 bits per heavy atom. The Morgan fingerprint density at radius 2 is 1.68 bits per heavy atom. The number of anilines is 2. The first-order valence-corrected chi connectivity index (χ1v) is 12.4. The summed E-state index contributed by atoms with van der Waals surface area (Å²) in [6.07, 6.45) is 1.21. The molecule has 1 aliphatic rings. The molecule has 10 heteroatoms. The lowest BCUT2D eigenvalue weighted by Crippen LogP contribution is -2.46. The van der Waals surface area contributed by atoms with Gasteiger partial charge in [-0.3, -0.25) is 9.59 Å². The van der Waals surface area contributed by atoms with Gasteiger partial charge in [-0.25, -0.2) is 4.79 Å². The number of carbonyl (C=O) groups is 2. The van der Waals surface area contributed by atoms with Crippen LogP contribution in [-0.4, -0.2) is 51.0 Å². The fourth-order valence-corrected chi connectivity index (χ4v) is 4.32. The van der Waals surface area contributed by atoms with Gasteiger partial charge in [0.05, 0.1) is 14.2 Å². The Morgan fingerprint density at radius 3 is 2.29 bits per heavy atom. The summed E-state index contributed by atoms with van der Waals surface area (Å²) in [5.41, 5.74) is 0.846. The molecular weight excluding hydrogens is 490 g/mol. The zero-order valence-corrected chi connectivity index (χ0v) is 22.3. The highest BCUT2D eigenvalue weighted by molar-refractivity contribution is 6.03. The molecule has 2 N–H and O–H groups in total. The van der Waals surface area contributed by atoms with Crippen molar-refractivity contribution >= 4 is 34.3 Å². The van der Waals surface area contributed by atoms with Crippen LogP contribution in [0.1, 0.15) is 44.2 Å². The fraction of sp³-hybridized carbons (Fsp3) is 0.393. The van der Waals surface area contributed by atoms with Crippen LogP contribution in [0.4, 0.5) is 16.2 Å². The molecule has 1 fully saturated rings. The van der Waals surface area contributed by atoms with Crippen LogP contribution in [0.3, 0.4) is 0 Å². The van der Waals surface area contributed by atoms with Crippen LogP contribution in [0, 0.1) is 0 Å². The summed E-state index contributed by atoms with van der Waals surface area (Å²) < 4.78 is 21.6. The van der Waals surface area contributed by atoms with Gasteiger partial charge in [0.1, 0.15) is 28.1 Å². The third-order valence-corrected chi connectivity index (χ3v) is 6.15. The van der Waals surface area contributed by atoms with E-state index in [1.165, 1.54) is 20.3 Å². The highest BCUT2D eigenvalue weighted by Gasteiger charge is 2.24. The molecule has 1 aromatic heterocycles. The molecule has 0 bridgehead atoms. The SMILES string of the molecule is COc1cc(OC)c2c(=O)cc(C(=O)Nc3ccc(N4CCC(NC(=O)OC(C)(C)C)CC4)cc3)oc2c1. The maximum atomic E-state index is 12.9. The number of ether oxygens (including phenoxy) is 3. The van der Waals surface area contributed by atoms with Gasteiger partial charge in [0, 0.05) is 48.7 Å². The molecule has 4 rings (SSSR count). The summed E-state index contributed by atoms with van der Waals surface area (Å²) >= 11 is 0. The third kappa shape index (κ3) is 6.37. The Kier molecular flexibility index (Phi) is 7.80. The van der Waals surface area contributed by atoms with Crippen LogP contribution in [-0.2, 0) is 4.74 Å². The van der Waals surface area contributed by atoms with E-state index in [0.717, 1.165) is 37.7 Å². The smallest absolute Gasteiger partial charge is 0.407 e. The van der Waals surface area contributed by atoms with Crippen molar-refractivity contribution in [3.8, 4) is 11.5 Å². The fourth-order valence-electron chi connectivity index (χ4n) is 4.32. The van der Waals surface area contributed by atoms with Crippen LogP contribution in [0.15, 0.2) is 51.7 Å². The second-order valence-electron chi connectivity index (χ2n) is 10.1. The van der Waals surface area contributed by atoms with Gasteiger partial charge in [0.15, 0.2) is 11.2 Å². The molecule has 0 saturated carbocycles. The Labute approximate surface area is 220 Å². The quantitative estimate of drug-likeness (QED) is 0.483. The van der Waals surface area contributed by atoms with Gasteiger partial charge in [-0.1, -0.05) is 0 Å². The number of carbonyl (C=O) groups excluding carboxylic acids is 2. The van der Waals surface area contributed by atoms with E-state index in [1.54, 1.807) is 18.2 Å². The van der Waals surface area contributed by atoms with E-state index in [1.807, 2.05) is 32.9 Å². The standard InChI is InChI=1S/C28H33N3O7/c1-28(2,3)38-27(34)30-18-10-12-31(13-11-18)19-8-6-17(7-9-19)29-26(33)24-16-21(32)25-22(36-5)14-20(35-4)15-23(25)37-24/h6-9,14-16,18H,10-13H2,1-5H3,(H,29,33)(H,30,34). The Bertz CT molecular complexity index is 1370. The van der Waals surface area contributed by atoms with Crippen molar-refractivity contribution in [2.75, 3.05) is 37.5 Å². The van der Waals surface area contributed by atoms with E-state index in [-0.39, 0.29) is 22.8 Å². The van der Waals surface area contributed by atoms with Gasteiger partial charge >= 0.3 is 6.09 Å². The summed E-state index contributed by atoms with van der Waals surface area (Å²) in [7, 11) is 2.93. The molecule has 0 spiro atoms. The summed E-state index contributed by atoms with van der Waals surface area (Å²) in [5.74, 6) is 0.0737. The number of amides is 2. The number of benzene rings is 2. The molecule has 2 aromatic carbocycles. The van der Waals surface area contributed by atoms with Crippen molar-refractivity contribution in [1.82, 2.24) is 5.32 Å². The summed E-state index contributed by atoms with van der Waals surface area (Å²) in [4.78, 5) is 39.8. The topological polar surface area (TPSA) is 119 Å². The first-order chi connectivity index (χ1) is 18.1. The number of alkyl carbamates (subject to hydrolysis) is 1. The third-order valence-electron chi connectivity index (χ3n) is 6.15. The minimum atomic E-state index is -0.549. The van der Waals surface area contributed by atoms with E-state index in [9.17, 15) is 14.4 Å². The molecule has 38 heavy (non-hydrogen) atoms. The van der Waals surface area contributed by atoms with Crippen molar-refractivity contribution in [3.63, 3.8) is 0 Å². The normalized spacial score (nSPS) is 14.2. The van der Waals surface area contributed by atoms with Gasteiger partial charge in [0.25, 0.3) is 5.91 Å². The Hall–Kier alpha value is -4.21. The molecule has 0 atom stereocenters. The lowest BCUT2D eigenvalue weighted by atomic mass is 10.0. The first kappa shape index (κ1) is 26.8. The van der Waals surface area contributed by atoms with Crippen molar-refractivity contribution in [2.24, 2.45) is 0 Å². The zero-order chi connectivity index (χ0) is 27.4. The van der Waals surface area contributed by atoms with Crippen molar-refractivity contribution in [1.29, 1.82) is 0 Å². The van der Waals surface area contributed by atoms with Crippen LogP contribution >= 0.6 is 0 Å². The minimum absolute atomic E-state index is 0.0659. The van der Waals surface area contributed by atoms with E-state index < -0.39 is 23.0 Å². The summed E-state index contributed by atoms with van der Waals surface area (Å²) in [6, 6.07) is 11.8. The molecule has 0 aliphatic carbocycles. The van der Waals surface area contributed by atoms with Crippen LogP contribution in [0.25, 0.3) is 11.0 Å². The summed E-state index contributed by atoms with van der Waals surface area (Å²) in [5, 5.41) is 5.95. The van der Waals surface area contributed by atoms with E-state index >= 15 is 0 Å². The molecule has 0 radical (unpaired) electrons. The zero-order valence-electron chi connectivity index (χ0n) is 22.3. The van der Waals surface area contributed by atoms with Crippen LogP contribution in [0.2, 0.25) is 0 Å². The number of piperidine rings is 1. The average molecular weight is 524 g/mol. The molecule has 3 aromatic rings. The predicted molar refractivity (Wildman–Crippen MR) is 145 cm³/mol. The second-order valence-corrected chi connectivity index (χ2v) is 10.1. The second kappa shape index (κ2) is 11.0. The van der Waals surface area contributed by atoms with Gasteiger partial charge in [-0.2, -0.15) is 0 Å². The molecular formula is C28H33N3O7. The molecule has 2 amide bonds. The maximum absolute atomic E-state index is 12.9. The molecule has 0 unspecified atom stereocenters. The lowest BCUT2D eigenvalue weighted by molar-refractivity contribution is 0.0497. The molecule has 202 valence electrons. The van der Waals surface area contributed by atoms with E-state index in [0.29, 0.717) is 17.2 Å². The highest BCUT2D eigenvalue weighted by Crippen LogP contribution is 2.30. The van der Waals surface area contributed by atoms with Crippen molar-refractivity contribution in [2.45, 2.75) is 45.3 Å². The largest absolute Gasteiger partial charge is 0.496 e. The molecule has 10 nitrogen and oxygen atoms in total.